The minimum Gasteiger partial charge on any atom is -0.460 e. The van der Waals surface area contributed by atoms with E-state index in [1.54, 1.807) is 13.0 Å². The van der Waals surface area contributed by atoms with Crippen LogP contribution >= 0.6 is 0 Å². The molecule has 1 N–H and O–H groups in total. The molecular formula is C19H21NO4. The van der Waals surface area contributed by atoms with E-state index in [4.69, 9.17) is 9.47 Å². The highest BCUT2D eigenvalue weighted by molar-refractivity contribution is 5.97. The summed E-state index contributed by atoms with van der Waals surface area (Å²) >= 11 is 0. The molecular weight excluding hydrogens is 306 g/mol. The summed E-state index contributed by atoms with van der Waals surface area (Å²) in [5, 5.41) is 1.09. The van der Waals surface area contributed by atoms with Crippen molar-refractivity contribution in [1.29, 1.82) is 0 Å². The smallest absolute Gasteiger partial charge is 0.347 e. The predicted octanol–water partition coefficient (Wildman–Crippen LogP) is 3.15. The molecule has 1 aromatic carbocycles. The van der Waals surface area contributed by atoms with Crippen LogP contribution in [0.3, 0.4) is 0 Å². The van der Waals surface area contributed by atoms with Crippen LogP contribution in [0.5, 0.6) is 0 Å². The van der Waals surface area contributed by atoms with E-state index in [2.05, 4.69) is 11.9 Å². The van der Waals surface area contributed by atoms with Crippen LogP contribution in [0.15, 0.2) is 18.2 Å². The normalized spacial score (nSPS) is 26.2. The summed E-state index contributed by atoms with van der Waals surface area (Å²) in [6, 6.07) is 5.55. The summed E-state index contributed by atoms with van der Waals surface area (Å²) in [6.45, 7) is 4.05. The van der Waals surface area contributed by atoms with Gasteiger partial charge in [-0.05, 0) is 55.9 Å². The Kier molecular flexibility index (Phi) is 3.59. The summed E-state index contributed by atoms with van der Waals surface area (Å²) in [7, 11) is 0. The van der Waals surface area contributed by atoms with E-state index in [0.29, 0.717) is 17.9 Å². The lowest BCUT2D eigenvalue weighted by atomic mass is 9.87. The number of aromatic amines is 1. The number of nitrogens with one attached hydrogen (secondary N) is 1. The summed E-state index contributed by atoms with van der Waals surface area (Å²) in [6.07, 6.45) is 2.71. The number of hydrogen-bond donors (Lipinski definition) is 1. The molecule has 2 aromatic rings. The first-order chi connectivity index (χ1) is 11.5. The van der Waals surface area contributed by atoms with Gasteiger partial charge in [0.2, 0.25) is 6.10 Å². The van der Waals surface area contributed by atoms with E-state index >= 15 is 0 Å². The lowest BCUT2D eigenvalue weighted by Crippen LogP contribution is -2.22. The second kappa shape index (κ2) is 5.65. The van der Waals surface area contributed by atoms with Crippen molar-refractivity contribution in [3.63, 3.8) is 0 Å². The first-order valence-corrected chi connectivity index (χ1v) is 8.56. The summed E-state index contributed by atoms with van der Waals surface area (Å²) < 4.78 is 10.4. The van der Waals surface area contributed by atoms with Gasteiger partial charge in [0.1, 0.15) is 6.10 Å². The highest BCUT2D eigenvalue weighted by Crippen LogP contribution is 2.32. The van der Waals surface area contributed by atoms with Crippen molar-refractivity contribution in [3.8, 4) is 0 Å². The predicted molar refractivity (Wildman–Crippen MR) is 88.9 cm³/mol. The second-order valence-corrected chi connectivity index (χ2v) is 7.07. The van der Waals surface area contributed by atoms with E-state index < -0.39 is 18.0 Å². The third kappa shape index (κ3) is 2.58. The Morgan fingerprint density at radius 2 is 2.17 bits per heavy atom. The number of benzene rings is 1. The van der Waals surface area contributed by atoms with E-state index in [9.17, 15) is 9.59 Å². The molecule has 2 heterocycles. The summed E-state index contributed by atoms with van der Waals surface area (Å²) in [5.41, 5.74) is 4.13. The zero-order valence-electron chi connectivity index (χ0n) is 13.9. The van der Waals surface area contributed by atoms with Crippen LogP contribution in [0, 0.1) is 5.92 Å². The first kappa shape index (κ1) is 15.2. The molecule has 1 aliphatic heterocycles. The van der Waals surface area contributed by atoms with Gasteiger partial charge in [-0.25, -0.2) is 9.59 Å². The fourth-order valence-electron chi connectivity index (χ4n) is 3.73. The Balaban J connectivity index is 1.61. The number of rotatable bonds is 2. The maximum atomic E-state index is 12.4. The van der Waals surface area contributed by atoms with Crippen LogP contribution in [0.1, 0.15) is 48.3 Å². The van der Waals surface area contributed by atoms with Crippen molar-refractivity contribution in [2.24, 2.45) is 5.92 Å². The number of H-pyrrole nitrogens is 1. The van der Waals surface area contributed by atoms with Crippen LogP contribution in [0.25, 0.3) is 10.9 Å². The number of carbonyl (C=O) groups excluding carboxylic acids is 2. The number of aryl methyl sites for hydroxylation is 1. The maximum absolute atomic E-state index is 12.4. The van der Waals surface area contributed by atoms with Gasteiger partial charge < -0.3 is 14.5 Å². The number of ether oxygens (including phenoxy) is 2. The molecule has 3 atom stereocenters. The lowest BCUT2D eigenvalue weighted by molar-refractivity contribution is -0.147. The Morgan fingerprint density at radius 1 is 1.33 bits per heavy atom. The minimum absolute atomic E-state index is 0.198. The molecule has 0 amide bonds. The molecule has 5 nitrogen and oxygen atoms in total. The number of esters is 2. The standard InChI is InChI=1S/C19H21NO4/c1-10-3-5-15-13(7-10)14-9-12(4-6-16(14)20-15)18(21)24-17-8-11(2)23-19(17)22/h4,6,9-11,17,20H,3,5,7-8H2,1-2H3/t10-,11+,17-/m1/s1. The fraction of sp³-hybridized carbons (Fsp3) is 0.474. The van der Waals surface area contributed by atoms with Gasteiger partial charge in [-0.1, -0.05) is 6.92 Å². The molecule has 1 fully saturated rings. The molecule has 1 saturated heterocycles. The minimum atomic E-state index is -0.789. The van der Waals surface area contributed by atoms with E-state index in [1.165, 1.54) is 17.7 Å². The number of aromatic nitrogens is 1. The Hall–Kier alpha value is -2.30. The lowest BCUT2D eigenvalue weighted by Gasteiger charge is -2.18. The summed E-state index contributed by atoms with van der Waals surface area (Å²) in [4.78, 5) is 27.5. The Bertz CT molecular complexity index is 822. The molecule has 0 radical (unpaired) electrons. The van der Waals surface area contributed by atoms with Gasteiger partial charge >= 0.3 is 11.9 Å². The fourth-order valence-corrected chi connectivity index (χ4v) is 3.73. The van der Waals surface area contributed by atoms with Crippen molar-refractivity contribution < 1.29 is 19.1 Å². The molecule has 0 spiro atoms. The molecule has 1 aromatic heterocycles. The van der Waals surface area contributed by atoms with Gasteiger partial charge in [-0.2, -0.15) is 0 Å². The number of hydrogen-bond acceptors (Lipinski definition) is 4. The van der Waals surface area contributed by atoms with Crippen LogP contribution in [-0.4, -0.2) is 29.1 Å². The average molecular weight is 327 g/mol. The topological polar surface area (TPSA) is 68.4 Å². The van der Waals surface area contributed by atoms with Crippen molar-refractivity contribution in [1.82, 2.24) is 4.98 Å². The van der Waals surface area contributed by atoms with Gasteiger partial charge in [0.05, 0.1) is 5.56 Å². The molecule has 2 aliphatic rings. The zero-order chi connectivity index (χ0) is 16.8. The highest BCUT2D eigenvalue weighted by Gasteiger charge is 2.35. The van der Waals surface area contributed by atoms with E-state index in [0.717, 1.165) is 23.7 Å². The van der Waals surface area contributed by atoms with Crippen LogP contribution < -0.4 is 0 Å². The second-order valence-electron chi connectivity index (χ2n) is 7.07. The molecule has 0 unspecified atom stereocenters. The first-order valence-electron chi connectivity index (χ1n) is 8.56. The Labute approximate surface area is 140 Å². The SMILES string of the molecule is C[C@@H]1CCc2[nH]c3ccc(C(=O)O[C@@H]4C[C@H](C)OC4=O)cc3c2C1. The van der Waals surface area contributed by atoms with Gasteiger partial charge in [0.25, 0.3) is 0 Å². The maximum Gasteiger partial charge on any atom is 0.347 e. The highest BCUT2D eigenvalue weighted by atomic mass is 16.6. The van der Waals surface area contributed by atoms with E-state index in [-0.39, 0.29) is 6.10 Å². The molecule has 1 aliphatic carbocycles. The largest absolute Gasteiger partial charge is 0.460 e. The van der Waals surface area contributed by atoms with Gasteiger partial charge in [0, 0.05) is 23.0 Å². The molecule has 24 heavy (non-hydrogen) atoms. The van der Waals surface area contributed by atoms with Gasteiger partial charge in [0.15, 0.2) is 0 Å². The van der Waals surface area contributed by atoms with Gasteiger partial charge in [-0.3, -0.25) is 0 Å². The number of cyclic esters (lactones) is 1. The average Bonchev–Trinajstić information content (AvgIpc) is 3.06. The zero-order valence-corrected chi connectivity index (χ0v) is 13.9. The van der Waals surface area contributed by atoms with Crippen molar-refractivity contribution in [2.45, 2.75) is 51.7 Å². The monoisotopic (exact) mass is 327 g/mol. The molecule has 126 valence electrons. The molecule has 0 bridgehead atoms. The van der Waals surface area contributed by atoms with Crippen molar-refractivity contribution in [3.05, 3.63) is 35.0 Å². The Morgan fingerprint density at radius 3 is 2.92 bits per heavy atom. The van der Waals surface area contributed by atoms with Crippen LogP contribution in [0.2, 0.25) is 0 Å². The third-order valence-corrected chi connectivity index (χ3v) is 5.05. The van der Waals surface area contributed by atoms with Crippen molar-refractivity contribution in [2.75, 3.05) is 0 Å². The van der Waals surface area contributed by atoms with E-state index in [1.807, 2.05) is 12.1 Å². The molecule has 4 rings (SSSR count). The molecule has 5 heteroatoms. The number of fused-ring (bicyclic) bond motifs is 3. The van der Waals surface area contributed by atoms with Crippen LogP contribution in [0.4, 0.5) is 0 Å². The molecule has 0 saturated carbocycles. The van der Waals surface area contributed by atoms with Crippen molar-refractivity contribution >= 4 is 22.8 Å². The summed E-state index contributed by atoms with van der Waals surface area (Å²) in [5.74, 6) is -0.265. The number of carbonyl (C=O) groups is 2. The van der Waals surface area contributed by atoms with Crippen LogP contribution in [-0.2, 0) is 27.1 Å². The third-order valence-electron chi connectivity index (χ3n) is 5.05. The van der Waals surface area contributed by atoms with Gasteiger partial charge in [-0.15, -0.1) is 0 Å². The quantitative estimate of drug-likeness (QED) is 0.860.